The lowest BCUT2D eigenvalue weighted by atomic mass is 9.54. The summed E-state index contributed by atoms with van der Waals surface area (Å²) in [5, 5.41) is 12.4. The maximum atomic E-state index is 14.4. The van der Waals surface area contributed by atoms with Gasteiger partial charge >= 0.3 is 6.09 Å². The molecule has 0 radical (unpaired) electrons. The zero-order chi connectivity index (χ0) is 19.1. The van der Waals surface area contributed by atoms with E-state index in [1.165, 1.54) is 25.1 Å². The van der Waals surface area contributed by atoms with Crippen LogP contribution < -0.4 is 5.32 Å². The van der Waals surface area contributed by atoms with E-state index < -0.39 is 53.8 Å². The minimum atomic E-state index is -2.97. The van der Waals surface area contributed by atoms with Gasteiger partial charge in [0, 0.05) is 23.8 Å². The summed E-state index contributed by atoms with van der Waals surface area (Å²) < 4.78 is 46.9. The molecule has 1 fully saturated rings. The summed E-state index contributed by atoms with van der Waals surface area (Å²) >= 11 is 0. The molecule has 1 atom stereocenters. The summed E-state index contributed by atoms with van der Waals surface area (Å²) in [6.45, 7) is 5.80. The first-order valence-electron chi connectivity index (χ1n) is 8.09. The molecule has 0 heterocycles. The Balaban J connectivity index is 2.46. The van der Waals surface area contributed by atoms with Crippen LogP contribution in [0.5, 0.6) is 0 Å². The number of aliphatic hydroxyl groups excluding tert-OH is 1. The van der Waals surface area contributed by atoms with Crippen molar-refractivity contribution in [1.82, 2.24) is 5.32 Å². The number of benzene rings is 1. The summed E-state index contributed by atoms with van der Waals surface area (Å²) in [4.78, 5) is 12.3. The fraction of sp³-hybridized carbons (Fsp3) is 0.611. The highest BCUT2D eigenvalue weighted by atomic mass is 19.3. The minimum absolute atomic E-state index is 0.0328. The highest BCUT2D eigenvalue weighted by molar-refractivity contribution is 5.69. The minimum Gasteiger partial charge on any atom is -0.444 e. The van der Waals surface area contributed by atoms with Gasteiger partial charge in [0.15, 0.2) is 0 Å². The average molecular weight is 359 g/mol. The number of carbonyl (C=O) groups is 1. The first-order chi connectivity index (χ1) is 11.3. The molecular formula is C18H24F3NO3. The number of alkyl halides is 2. The Hall–Kier alpha value is -1.76. The number of rotatable bonds is 4. The van der Waals surface area contributed by atoms with Crippen LogP contribution in [0.25, 0.3) is 0 Å². The lowest BCUT2D eigenvalue weighted by Crippen LogP contribution is -2.66. The molecular weight excluding hydrogens is 335 g/mol. The Kier molecular flexibility index (Phi) is 4.85. The first-order valence-corrected chi connectivity index (χ1v) is 8.09. The molecule has 0 unspecified atom stereocenters. The zero-order valence-corrected chi connectivity index (χ0v) is 14.8. The Bertz CT molecular complexity index is 649. The number of hydrogen-bond acceptors (Lipinski definition) is 3. The van der Waals surface area contributed by atoms with Crippen LogP contribution >= 0.6 is 0 Å². The van der Waals surface area contributed by atoms with E-state index in [0.29, 0.717) is 0 Å². The number of nitrogens with one attached hydrogen (secondary N) is 1. The lowest BCUT2D eigenvalue weighted by molar-refractivity contribution is -0.209. The second-order valence-corrected chi connectivity index (χ2v) is 7.88. The van der Waals surface area contributed by atoms with Gasteiger partial charge in [-0.25, -0.2) is 18.0 Å². The number of ether oxygens (including phenoxy) is 1. The van der Waals surface area contributed by atoms with E-state index in [1.807, 2.05) is 0 Å². The van der Waals surface area contributed by atoms with Crippen LogP contribution in [0.3, 0.4) is 0 Å². The normalized spacial score (nSPS) is 21.0. The molecule has 7 heteroatoms. The van der Waals surface area contributed by atoms with Crippen molar-refractivity contribution in [2.75, 3.05) is 6.61 Å². The van der Waals surface area contributed by atoms with Gasteiger partial charge in [0.25, 0.3) is 0 Å². The second kappa shape index (κ2) is 6.20. The maximum Gasteiger partial charge on any atom is 0.408 e. The molecule has 1 amide bonds. The second-order valence-electron chi connectivity index (χ2n) is 7.88. The van der Waals surface area contributed by atoms with E-state index >= 15 is 0 Å². The van der Waals surface area contributed by atoms with Crippen molar-refractivity contribution in [2.45, 2.75) is 57.6 Å². The third kappa shape index (κ3) is 3.76. The molecule has 1 aromatic rings. The van der Waals surface area contributed by atoms with Crippen LogP contribution in [0.1, 0.15) is 46.1 Å². The van der Waals surface area contributed by atoms with Crippen molar-refractivity contribution in [3.8, 4) is 0 Å². The monoisotopic (exact) mass is 359 g/mol. The van der Waals surface area contributed by atoms with Crippen LogP contribution in [-0.4, -0.2) is 29.3 Å². The zero-order valence-electron chi connectivity index (χ0n) is 14.8. The van der Waals surface area contributed by atoms with Crippen molar-refractivity contribution in [3.63, 3.8) is 0 Å². The molecule has 1 aromatic carbocycles. The van der Waals surface area contributed by atoms with Gasteiger partial charge in [0.05, 0.1) is 12.1 Å². The van der Waals surface area contributed by atoms with E-state index in [-0.39, 0.29) is 5.56 Å². The molecule has 1 saturated carbocycles. The highest BCUT2D eigenvalue weighted by Crippen LogP contribution is 2.60. The Morgan fingerprint density at radius 1 is 1.24 bits per heavy atom. The van der Waals surface area contributed by atoms with Gasteiger partial charge < -0.3 is 15.2 Å². The topological polar surface area (TPSA) is 58.6 Å². The average Bonchev–Trinajstić information content (AvgIpc) is 2.42. The molecule has 2 N–H and O–H groups in total. The molecule has 25 heavy (non-hydrogen) atoms. The van der Waals surface area contributed by atoms with Crippen molar-refractivity contribution >= 4 is 6.09 Å². The molecule has 0 aromatic heterocycles. The third-order valence-corrected chi connectivity index (χ3v) is 4.72. The predicted molar refractivity (Wildman–Crippen MR) is 86.8 cm³/mol. The summed E-state index contributed by atoms with van der Waals surface area (Å²) in [5.41, 5.74) is -3.73. The van der Waals surface area contributed by atoms with E-state index in [2.05, 4.69) is 5.32 Å². The Morgan fingerprint density at radius 2 is 1.80 bits per heavy atom. The van der Waals surface area contributed by atoms with Gasteiger partial charge in [0.1, 0.15) is 11.4 Å². The van der Waals surface area contributed by atoms with Crippen LogP contribution in [0.4, 0.5) is 18.0 Å². The molecule has 140 valence electrons. The van der Waals surface area contributed by atoms with E-state index in [0.717, 1.165) is 0 Å². The summed E-state index contributed by atoms with van der Waals surface area (Å²) in [6, 6.07) is 5.62. The third-order valence-electron chi connectivity index (χ3n) is 4.72. The van der Waals surface area contributed by atoms with Gasteiger partial charge in [-0.2, -0.15) is 0 Å². The molecule has 2 rings (SSSR count). The van der Waals surface area contributed by atoms with E-state index in [1.54, 1.807) is 26.8 Å². The van der Waals surface area contributed by atoms with Crippen molar-refractivity contribution < 1.29 is 27.8 Å². The standard InChI is InChI=1S/C18H24F3NO3/c1-15(2,3)25-14(24)22-16(4,12-7-5-6-8-13(12)19)17(11-23)9-18(20,21)10-17/h5-8,23H,9-11H2,1-4H3,(H,22,24)/t16-/m1/s1. The number of alkyl carbamates (subject to hydrolysis) is 1. The molecule has 0 aliphatic heterocycles. The van der Waals surface area contributed by atoms with Gasteiger partial charge in [-0.15, -0.1) is 0 Å². The molecule has 4 nitrogen and oxygen atoms in total. The SMILES string of the molecule is CC(C)(C)OC(=O)N[C@](C)(c1ccccc1F)C1(CO)CC(F)(F)C1. The van der Waals surface area contributed by atoms with Crippen LogP contribution in [0, 0.1) is 11.2 Å². The number of aliphatic hydroxyl groups is 1. The Labute approximate surface area is 145 Å². The molecule has 0 bridgehead atoms. The number of halogens is 3. The predicted octanol–water partition coefficient (Wildman–Crippen LogP) is 3.97. The molecule has 1 aliphatic rings. The highest BCUT2D eigenvalue weighted by Gasteiger charge is 2.65. The molecule has 0 spiro atoms. The largest absolute Gasteiger partial charge is 0.444 e. The number of hydrogen-bond donors (Lipinski definition) is 2. The van der Waals surface area contributed by atoms with Crippen molar-refractivity contribution in [1.29, 1.82) is 0 Å². The quantitative estimate of drug-likeness (QED) is 0.855. The van der Waals surface area contributed by atoms with E-state index in [9.17, 15) is 23.1 Å². The van der Waals surface area contributed by atoms with Crippen LogP contribution in [0.2, 0.25) is 0 Å². The first kappa shape index (κ1) is 19.6. The summed E-state index contributed by atoms with van der Waals surface area (Å²) in [7, 11) is 0. The van der Waals surface area contributed by atoms with E-state index in [4.69, 9.17) is 4.74 Å². The van der Waals surface area contributed by atoms with Gasteiger partial charge in [-0.05, 0) is 33.8 Å². The Morgan fingerprint density at radius 3 is 2.24 bits per heavy atom. The summed E-state index contributed by atoms with van der Waals surface area (Å²) in [5.74, 6) is -3.62. The maximum absolute atomic E-state index is 14.4. The van der Waals surface area contributed by atoms with Crippen LogP contribution in [0.15, 0.2) is 24.3 Å². The number of carbonyl (C=O) groups excluding carboxylic acids is 1. The molecule has 0 saturated heterocycles. The smallest absolute Gasteiger partial charge is 0.408 e. The van der Waals surface area contributed by atoms with Crippen LogP contribution in [-0.2, 0) is 10.3 Å². The summed E-state index contributed by atoms with van der Waals surface area (Å²) in [6.07, 6.45) is -2.17. The van der Waals surface area contributed by atoms with Crippen molar-refractivity contribution in [3.05, 3.63) is 35.6 Å². The van der Waals surface area contributed by atoms with Crippen molar-refractivity contribution in [2.24, 2.45) is 5.41 Å². The lowest BCUT2D eigenvalue weighted by Gasteiger charge is -2.56. The number of amides is 1. The fourth-order valence-corrected chi connectivity index (χ4v) is 3.42. The van der Waals surface area contributed by atoms with Gasteiger partial charge in [-0.1, -0.05) is 18.2 Å². The van der Waals surface area contributed by atoms with Gasteiger partial charge in [-0.3, -0.25) is 0 Å². The van der Waals surface area contributed by atoms with Gasteiger partial charge in [0.2, 0.25) is 5.92 Å². The fourth-order valence-electron chi connectivity index (χ4n) is 3.42. The molecule has 1 aliphatic carbocycles.